The Hall–Kier alpha value is -0.120. The molecule has 3 heteroatoms. The van der Waals surface area contributed by atoms with E-state index in [0.29, 0.717) is 5.92 Å². The van der Waals surface area contributed by atoms with Crippen molar-refractivity contribution in [1.82, 2.24) is 0 Å². The van der Waals surface area contributed by atoms with Gasteiger partial charge in [-0.1, -0.05) is 13.8 Å². The summed E-state index contributed by atoms with van der Waals surface area (Å²) in [5.74, 6) is 0.341. The van der Waals surface area contributed by atoms with Crippen molar-refractivity contribution in [2.24, 2.45) is 17.8 Å². The van der Waals surface area contributed by atoms with Gasteiger partial charge in [0.15, 0.2) is 0 Å². The minimum Gasteiger partial charge on any atom is -0.396 e. The van der Waals surface area contributed by atoms with Crippen LogP contribution in [0.1, 0.15) is 26.7 Å². The molecule has 3 atom stereocenters. The summed E-state index contributed by atoms with van der Waals surface area (Å²) < 4.78 is 0. The molecule has 0 saturated heterocycles. The lowest BCUT2D eigenvalue weighted by molar-refractivity contribution is -0.0581. The Morgan fingerprint density at radius 2 is 1.69 bits per heavy atom. The van der Waals surface area contributed by atoms with Crippen LogP contribution < -0.4 is 0 Å². The van der Waals surface area contributed by atoms with Gasteiger partial charge in [-0.15, -0.1) is 0 Å². The first-order valence-corrected chi connectivity index (χ1v) is 5.05. The van der Waals surface area contributed by atoms with E-state index in [-0.39, 0.29) is 18.4 Å². The lowest BCUT2D eigenvalue weighted by Gasteiger charge is -2.27. The van der Waals surface area contributed by atoms with Crippen molar-refractivity contribution in [2.45, 2.75) is 38.9 Å². The third kappa shape index (κ3) is 2.66. The van der Waals surface area contributed by atoms with E-state index in [4.69, 9.17) is 5.11 Å². The van der Waals surface area contributed by atoms with Gasteiger partial charge in [0.25, 0.3) is 0 Å². The number of aliphatic hydroxyl groups is 3. The molecule has 0 aliphatic heterocycles. The summed E-state index contributed by atoms with van der Waals surface area (Å²) in [5.41, 5.74) is 0. The Kier molecular flexibility index (Phi) is 3.71. The summed E-state index contributed by atoms with van der Waals surface area (Å²) in [6, 6.07) is 0. The van der Waals surface area contributed by atoms with E-state index < -0.39 is 12.2 Å². The highest BCUT2D eigenvalue weighted by Gasteiger charge is 2.38. The van der Waals surface area contributed by atoms with Gasteiger partial charge in [0.05, 0.1) is 12.2 Å². The predicted molar refractivity (Wildman–Crippen MR) is 50.2 cm³/mol. The van der Waals surface area contributed by atoms with Crippen molar-refractivity contribution < 1.29 is 15.3 Å². The second kappa shape index (κ2) is 4.40. The van der Waals surface area contributed by atoms with Gasteiger partial charge in [0.1, 0.15) is 0 Å². The molecule has 0 heterocycles. The molecule has 0 aromatic rings. The first-order valence-electron chi connectivity index (χ1n) is 5.05. The first kappa shape index (κ1) is 11.0. The molecule has 0 aromatic carbocycles. The van der Waals surface area contributed by atoms with Gasteiger partial charge in [-0.3, -0.25) is 0 Å². The number of hydrogen-bond donors (Lipinski definition) is 3. The van der Waals surface area contributed by atoms with Gasteiger partial charge in [-0.2, -0.15) is 0 Å². The minimum atomic E-state index is -0.766. The Balaban J connectivity index is 2.46. The maximum atomic E-state index is 9.75. The van der Waals surface area contributed by atoms with Gasteiger partial charge < -0.3 is 15.3 Å². The van der Waals surface area contributed by atoms with Crippen molar-refractivity contribution >= 4 is 0 Å². The molecule has 0 bridgehead atoms. The van der Waals surface area contributed by atoms with Crippen LogP contribution in [-0.4, -0.2) is 34.1 Å². The summed E-state index contributed by atoms with van der Waals surface area (Å²) in [7, 11) is 0. The highest BCUT2D eigenvalue weighted by molar-refractivity contribution is 4.88. The van der Waals surface area contributed by atoms with E-state index >= 15 is 0 Å². The molecule has 0 unspecified atom stereocenters. The van der Waals surface area contributed by atoms with Gasteiger partial charge >= 0.3 is 0 Å². The fourth-order valence-corrected chi connectivity index (χ4v) is 1.71. The maximum Gasteiger partial charge on any atom is 0.0854 e. The van der Waals surface area contributed by atoms with Crippen molar-refractivity contribution in [2.75, 3.05) is 6.61 Å². The quantitative estimate of drug-likeness (QED) is 0.584. The SMILES string of the molecule is CC(C)[C@H](O)[C@H](O)[C@@H](CO)C1CC1. The third-order valence-corrected chi connectivity index (χ3v) is 2.91. The van der Waals surface area contributed by atoms with Crippen LogP contribution in [0.3, 0.4) is 0 Å². The summed E-state index contributed by atoms with van der Waals surface area (Å²) >= 11 is 0. The third-order valence-electron chi connectivity index (χ3n) is 2.91. The molecule has 1 fully saturated rings. The van der Waals surface area contributed by atoms with Crippen molar-refractivity contribution in [1.29, 1.82) is 0 Å². The summed E-state index contributed by atoms with van der Waals surface area (Å²) in [6.45, 7) is 3.72. The second-order valence-corrected chi connectivity index (χ2v) is 4.41. The smallest absolute Gasteiger partial charge is 0.0854 e. The molecule has 1 aliphatic rings. The number of aliphatic hydroxyl groups excluding tert-OH is 3. The number of rotatable bonds is 5. The van der Waals surface area contributed by atoms with Crippen LogP contribution in [0.2, 0.25) is 0 Å². The molecule has 1 saturated carbocycles. The Bertz CT molecular complexity index is 154. The van der Waals surface area contributed by atoms with Crippen LogP contribution in [-0.2, 0) is 0 Å². The van der Waals surface area contributed by atoms with E-state index in [0.717, 1.165) is 12.8 Å². The molecule has 13 heavy (non-hydrogen) atoms. The van der Waals surface area contributed by atoms with Crippen LogP contribution in [0.5, 0.6) is 0 Å². The van der Waals surface area contributed by atoms with E-state index in [1.54, 1.807) is 0 Å². The average molecular weight is 188 g/mol. The monoisotopic (exact) mass is 188 g/mol. The molecular formula is C10H20O3. The molecule has 0 aromatic heterocycles. The van der Waals surface area contributed by atoms with E-state index in [9.17, 15) is 10.2 Å². The summed E-state index contributed by atoms with van der Waals surface area (Å²) in [4.78, 5) is 0. The maximum absolute atomic E-state index is 9.75. The molecular weight excluding hydrogens is 168 g/mol. The van der Waals surface area contributed by atoms with Crippen molar-refractivity contribution in [3.63, 3.8) is 0 Å². The summed E-state index contributed by atoms with van der Waals surface area (Å²) in [5, 5.41) is 28.4. The minimum absolute atomic E-state index is 0.0182. The molecule has 1 aliphatic carbocycles. The largest absolute Gasteiger partial charge is 0.396 e. The molecule has 78 valence electrons. The van der Waals surface area contributed by atoms with Crippen LogP contribution >= 0.6 is 0 Å². The Morgan fingerprint density at radius 1 is 1.15 bits per heavy atom. The van der Waals surface area contributed by atoms with Crippen molar-refractivity contribution in [3.05, 3.63) is 0 Å². The molecule has 0 spiro atoms. The average Bonchev–Trinajstić information content (AvgIpc) is 2.88. The molecule has 3 nitrogen and oxygen atoms in total. The molecule has 0 radical (unpaired) electrons. The predicted octanol–water partition coefficient (Wildman–Crippen LogP) is 0.383. The van der Waals surface area contributed by atoms with E-state index in [1.165, 1.54) is 0 Å². The number of hydrogen-bond acceptors (Lipinski definition) is 3. The van der Waals surface area contributed by atoms with Crippen LogP contribution in [0, 0.1) is 17.8 Å². The lowest BCUT2D eigenvalue weighted by Crippen LogP contribution is -2.39. The highest BCUT2D eigenvalue weighted by Crippen LogP contribution is 2.39. The summed E-state index contributed by atoms with van der Waals surface area (Å²) in [6.07, 6.45) is 0.676. The lowest BCUT2D eigenvalue weighted by atomic mass is 9.89. The van der Waals surface area contributed by atoms with Crippen molar-refractivity contribution in [3.8, 4) is 0 Å². The van der Waals surface area contributed by atoms with Gasteiger partial charge in [0.2, 0.25) is 0 Å². The fraction of sp³-hybridized carbons (Fsp3) is 1.00. The van der Waals surface area contributed by atoms with E-state index in [2.05, 4.69) is 0 Å². The Morgan fingerprint density at radius 3 is 2.00 bits per heavy atom. The second-order valence-electron chi connectivity index (χ2n) is 4.41. The first-order chi connectivity index (χ1) is 6.07. The zero-order chi connectivity index (χ0) is 10.0. The standard InChI is InChI=1S/C10H20O3/c1-6(2)9(12)10(13)8(5-11)7-3-4-7/h6-13H,3-5H2,1-2H3/t8-,9-,10+/m0/s1. The zero-order valence-corrected chi connectivity index (χ0v) is 8.35. The van der Waals surface area contributed by atoms with Crippen LogP contribution in [0.4, 0.5) is 0 Å². The van der Waals surface area contributed by atoms with Crippen LogP contribution in [0.15, 0.2) is 0 Å². The Labute approximate surface area is 79.4 Å². The zero-order valence-electron chi connectivity index (χ0n) is 8.35. The van der Waals surface area contributed by atoms with Gasteiger partial charge in [-0.25, -0.2) is 0 Å². The highest BCUT2D eigenvalue weighted by atomic mass is 16.3. The van der Waals surface area contributed by atoms with Gasteiger partial charge in [-0.05, 0) is 24.7 Å². The van der Waals surface area contributed by atoms with Gasteiger partial charge in [0, 0.05) is 12.5 Å². The fourth-order valence-electron chi connectivity index (χ4n) is 1.71. The van der Waals surface area contributed by atoms with E-state index in [1.807, 2.05) is 13.8 Å². The topological polar surface area (TPSA) is 60.7 Å². The van der Waals surface area contributed by atoms with Crippen LogP contribution in [0.25, 0.3) is 0 Å². The molecule has 1 rings (SSSR count). The normalized spacial score (nSPS) is 24.5. The molecule has 3 N–H and O–H groups in total. The molecule has 0 amide bonds.